The lowest BCUT2D eigenvalue weighted by Gasteiger charge is -2.25. The van der Waals surface area contributed by atoms with E-state index in [1.165, 1.54) is 0 Å². The predicted octanol–water partition coefficient (Wildman–Crippen LogP) is 1.44. The second-order valence-corrected chi connectivity index (χ2v) is 4.30. The maximum absolute atomic E-state index is 11.8. The summed E-state index contributed by atoms with van der Waals surface area (Å²) in [4.78, 5) is 11.8. The van der Waals surface area contributed by atoms with Crippen LogP contribution in [0.1, 0.15) is 12.5 Å². The topological polar surface area (TPSA) is 41.1 Å². The highest BCUT2D eigenvalue weighted by molar-refractivity contribution is 7.80. The van der Waals surface area contributed by atoms with Crippen molar-refractivity contribution in [3.05, 3.63) is 47.2 Å². The molecule has 0 aliphatic carbocycles. The lowest BCUT2D eigenvalue weighted by molar-refractivity contribution is -0.118. The average Bonchev–Trinajstić information content (AvgIpc) is 2.25. The number of rotatable bonds is 2. The number of carbonyl (C=O) groups excluding carboxylic acids is 1. The van der Waals surface area contributed by atoms with Gasteiger partial charge in [0.05, 0.1) is 0 Å². The van der Waals surface area contributed by atoms with Crippen LogP contribution in [0.4, 0.5) is 0 Å². The molecule has 3 nitrogen and oxygen atoms in total. The summed E-state index contributed by atoms with van der Waals surface area (Å²) in [5, 5.41) is 5.83. The fourth-order valence-corrected chi connectivity index (χ4v) is 2.03. The maximum Gasteiger partial charge on any atom is 0.251 e. The van der Waals surface area contributed by atoms with Crippen molar-refractivity contribution in [2.75, 3.05) is 0 Å². The Morgan fingerprint density at radius 3 is 2.56 bits per heavy atom. The molecule has 2 N–H and O–H groups in total. The maximum atomic E-state index is 11.8. The highest BCUT2D eigenvalue weighted by Gasteiger charge is 2.21. The zero-order valence-corrected chi connectivity index (χ0v) is 9.92. The van der Waals surface area contributed by atoms with Gasteiger partial charge in [-0.1, -0.05) is 30.3 Å². The molecule has 0 fully saturated rings. The molecule has 0 saturated carbocycles. The molecule has 1 aliphatic rings. The molecule has 4 heteroatoms. The van der Waals surface area contributed by atoms with E-state index in [0.717, 1.165) is 16.8 Å². The van der Waals surface area contributed by atoms with Crippen molar-refractivity contribution in [1.82, 2.24) is 10.6 Å². The molecule has 1 heterocycles. The summed E-state index contributed by atoms with van der Waals surface area (Å²) in [7, 11) is 0. The van der Waals surface area contributed by atoms with Gasteiger partial charge in [-0.05, 0) is 12.5 Å². The van der Waals surface area contributed by atoms with Crippen LogP contribution in [0.3, 0.4) is 0 Å². The van der Waals surface area contributed by atoms with Crippen molar-refractivity contribution >= 4 is 18.5 Å². The van der Waals surface area contributed by atoms with E-state index >= 15 is 0 Å². The number of nitrogens with one attached hydrogen (secondary N) is 2. The SMILES string of the molecule is CC1=C(Cc2ccccc2)C(=O)NC(S)N1. The van der Waals surface area contributed by atoms with Gasteiger partial charge in [-0.25, -0.2) is 0 Å². The van der Waals surface area contributed by atoms with Crippen LogP contribution in [0, 0.1) is 0 Å². The number of thiol groups is 1. The second-order valence-electron chi connectivity index (χ2n) is 3.79. The number of carbonyl (C=O) groups is 1. The third kappa shape index (κ3) is 2.39. The molecule has 1 aromatic rings. The quantitative estimate of drug-likeness (QED) is 0.678. The first-order valence-electron chi connectivity index (χ1n) is 5.16. The molecule has 0 radical (unpaired) electrons. The number of hydrogen-bond acceptors (Lipinski definition) is 3. The summed E-state index contributed by atoms with van der Waals surface area (Å²) in [5.41, 5.74) is 2.52. The fourth-order valence-electron chi connectivity index (χ4n) is 1.72. The van der Waals surface area contributed by atoms with E-state index < -0.39 is 0 Å². The van der Waals surface area contributed by atoms with Crippen LogP contribution in [0.2, 0.25) is 0 Å². The molecule has 1 unspecified atom stereocenters. The molecule has 0 aromatic heterocycles. The molecular weight excluding hydrogens is 220 g/mol. The molecule has 1 aromatic carbocycles. The zero-order valence-electron chi connectivity index (χ0n) is 9.03. The summed E-state index contributed by atoms with van der Waals surface area (Å²) in [6.45, 7) is 1.90. The molecular formula is C12H14N2OS. The summed E-state index contributed by atoms with van der Waals surface area (Å²) >= 11 is 4.17. The van der Waals surface area contributed by atoms with Crippen LogP contribution in [-0.2, 0) is 11.2 Å². The molecule has 84 valence electrons. The van der Waals surface area contributed by atoms with Gasteiger partial charge in [0, 0.05) is 17.7 Å². The Bertz CT molecular complexity index is 428. The molecule has 1 amide bonds. The largest absolute Gasteiger partial charge is 0.360 e. The number of benzene rings is 1. The Labute approximate surface area is 100 Å². The van der Waals surface area contributed by atoms with Crippen molar-refractivity contribution in [2.24, 2.45) is 0 Å². The van der Waals surface area contributed by atoms with Gasteiger partial charge in [0.2, 0.25) is 0 Å². The molecule has 0 saturated heterocycles. The van der Waals surface area contributed by atoms with Gasteiger partial charge in [0.25, 0.3) is 5.91 Å². The summed E-state index contributed by atoms with van der Waals surface area (Å²) in [6.07, 6.45) is 0.645. The van der Waals surface area contributed by atoms with E-state index in [9.17, 15) is 4.79 Å². The van der Waals surface area contributed by atoms with Crippen molar-refractivity contribution in [2.45, 2.75) is 18.8 Å². The molecule has 0 spiro atoms. The first-order valence-corrected chi connectivity index (χ1v) is 5.67. The van der Waals surface area contributed by atoms with E-state index in [2.05, 4.69) is 23.3 Å². The summed E-state index contributed by atoms with van der Waals surface area (Å²) < 4.78 is 0. The molecule has 1 atom stereocenters. The van der Waals surface area contributed by atoms with E-state index in [0.29, 0.717) is 6.42 Å². The smallest absolute Gasteiger partial charge is 0.251 e. The van der Waals surface area contributed by atoms with E-state index in [-0.39, 0.29) is 11.4 Å². The minimum atomic E-state index is -0.285. The summed E-state index contributed by atoms with van der Waals surface area (Å²) in [6, 6.07) is 9.94. The van der Waals surface area contributed by atoms with Crippen LogP contribution in [0.5, 0.6) is 0 Å². The predicted molar refractivity (Wildman–Crippen MR) is 66.9 cm³/mol. The molecule has 1 aliphatic heterocycles. The van der Waals surface area contributed by atoms with Crippen LogP contribution < -0.4 is 10.6 Å². The lowest BCUT2D eigenvalue weighted by Crippen LogP contribution is -2.47. The Morgan fingerprint density at radius 2 is 1.94 bits per heavy atom. The van der Waals surface area contributed by atoms with Crippen LogP contribution in [0.15, 0.2) is 41.6 Å². The van der Waals surface area contributed by atoms with Gasteiger partial charge >= 0.3 is 0 Å². The van der Waals surface area contributed by atoms with E-state index in [1.807, 2.05) is 37.3 Å². The van der Waals surface area contributed by atoms with Crippen molar-refractivity contribution in [3.8, 4) is 0 Å². The third-order valence-corrected chi connectivity index (χ3v) is 2.83. The first kappa shape index (κ1) is 11.1. The number of hydrogen-bond donors (Lipinski definition) is 3. The average molecular weight is 234 g/mol. The summed E-state index contributed by atoms with van der Waals surface area (Å²) in [5.74, 6) is -0.0416. The Kier molecular flexibility index (Phi) is 3.19. The van der Waals surface area contributed by atoms with Crippen LogP contribution >= 0.6 is 12.6 Å². The van der Waals surface area contributed by atoms with Crippen LogP contribution in [0.25, 0.3) is 0 Å². The zero-order chi connectivity index (χ0) is 11.5. The van der Waals surface area contributed by atoms with E-state index in [4.69, 9.17) is 0 Å². The van der Waals surface area contributed by atoms with E-state index in [1.54, 1.807) is 0 Å². The van der Waals surface area contributed by atoms with Crippen molar-refractivity contribution in [3.63, 3.8) is 0 Å². The van der Waals surface area contributed by atoms with Crippen molar-refractivity contribution in [1.29, 1.82) is 0 Å². The molecule has 2 rings (SSSR count). The standard InChI is InChI=1S/C12H14N2OS/c1-8-10(11(15)14-12(16)13-8)7-9-5-3-2-4-6-9/h2-6,12-13,16H,7H2,1H3,(H,14,15). The number of amides is 1. The van der Waals surface area contributed by atoms with Gasteiger partial charge in [0.1, 0.15) is 5.50 Å². The lowest BCUT2D eigenvalue weighted by atomic mass is 10.0. The third-order valence-electron chi connectivity index (χ3n) is 2.57. The first-order chi connectivity index (χ1) is 7.66. The van der Waals surface area contributed by atoms with Gasteiger partial charge < -0.3 is 10.6 Å². The minimum Gasteiger partial charge on any atom is -0.360 e. The monoisotopic (exact) mass is 234 g/mol. The van der Waals surface area contributed by atoms with Crippen LogP contribution in [-0.4, -0.2) is 11.4 Å². The second kappa shape index (κ2) is 4.61. The highest BCUT2D eigenvalue weighted by Crippen LogP contribution is 2.15. The Hall–Kier alpha value is -1.42. The van der Waals surface area contributed by atoms with Gasteiger partial charge in [-0.15, -0.1) is 12.6 Å². The van der Waals surface area contributed by atoms with Gasteiger partial charge in [0.15, 0.2) is 0 Å². The van der Waals surface area contributed by atoms with Gasteiger partial charge in [-0.3, -0.25) is 4.79 Å². The highest BCUT2D eigenvalue weighted by atomic mass is 32.1. The molecule has 16 heavy (non-hydrogen) atoms. The van der Waals surface area contributed by atoms with Gasteiger partial charge in [-0.2, -0.15) is 0 Å². The Balaban J connectivity index is 2.21. The normalized spacial score (nSPS) is 20.4. The fraction of sp³-hybridized carbons (Fsp3) is 0.250. The van der Waals surface area contributed by atoms with Crippen molar-refractivity contribution < 1.29 is 4.79 Å². The number of allylic oxidation sites excluding steroid dienone is 1. The minimum absolute atomic E-state index is 0.0416. The molecule has 0 bridgehead atoms. The Morgan fingerprint density at radius 1 is 1.25 bits per heavy atom.